The Morgan fingerprint density at radius 2 is 1.61 bits per heavy atom. The van der Waals surface area contributed by atoms with Gasteiger partial charge in [-0.25, -0.2) is 4.39 Å². The lowest BCUT2D eigenvalue weighted by molar-refractivity contribution is 0.103. The Bertz CT molecular complexity index is 1140. The highest BCUT2D eigenvalue weighted by molar-refractivity contribution is 7.51. The molecule has 0 aliphatic heterocycles. The van der Waals surface area contributed by atoms with Crippen LogP contribution in [0.25, 0.3) is 0 Å². The molecule has 3 aromatic carbocycles. The van der Waals surface area contributed by atoms with Crippen LogP contribution in [0.15, 0.2) is 54.6 Å². The van der Waals surface area contributed by atoms with Crippen LogP contribution < -0.4 is 4.74 Å². The summed E-state index contributed by atoms with van der Waals surface area (Å²) in [7, 11) is -4.29. The molecule has 0 aromatic heterocycles. The smallest absolute Gasteiger partial charge is 0.362 e. The van der Waals surface area contributed by atoms with Gasteiger partial charge in [-0.15, -0.1) is 0 Å². The minimum absolute atomic E-state index is 0.0520. The number of hydrogen-bond donors (Lipinski definition) is 3. The highest BCUT2D eigenvalue weighted by Gasteiger charge is 2.18. The highest BCUT2D eigenvalue weighted by Crippen LogP contribution is 2.35. The maximum Gasteiger partial charge on any atom is 0.362 e. The molecule has 162 valence electrons. The molecule has 8 heteroatoms. The summed E-state index contributed by atoms with van der Waals surface area (Å²) in [6.45, 7) is 3.68. The third kappa shape index (κ3) is 5.79. The number of hydrogen-bond acceptors (Lipinski definition) is 4. The summed E-state index contributed by atoms with van der Waals surface area (Å²) in [5.74, 6) is -0.484. The molecule has 3 rings (SSSR count). The zero-order valence-corrected chi connectivity index (χ0v) is 17.9. The van der Waals surface area contributed by atoms with E-state index in [2.05, 4.69) is 0 Å². The summed E-state index contributed by atoms with van der Waals surface area (Å²) >= 11 is 0. The molecular weight excluding hydrogens is 422 g/mol. The molecule has 0 heterocycles. The van der Waals surface area contributed by atoms with Crippen molar-refractivity contribution in [3.05, 3.63) is 93.8 Å². The molecule has 6 nitrogen and oxygen atoms in total. The Labute approximate surface area is 179 Å². The highest BCUT2D eigenvalue weighted by atomic mass is 31.2. The lowest BCUT2D eigenvalue weighted by Crippen LogP contribution is -2.08. The van der Waals surface area contributed by atoms with Gasteiger partial charge in [-0.05, 0) is 91.1 Å². The molecule has 0 aliphatic rings. The van der Waals surface area contributed by atoms with E-state index in [1.54, 1.807) is 18.2 Å². The molecule has 0 unspecified atom stereocenters. The predicted octanol–water partition coefficient (Wildman–Crippen LogP) is 4.48. The van der Waals surface area contributed by atoms with Crippen LogP contribution in [0.3, 0.4) is 0 Å². The van der Waals surface area contributed by atoms with Crippen molar-refractivity contribution in [3.8, 4) is 11.5 Å². The standard InChI is InChI=1S/C23H22FO6P/c1-14-9-20(30-13-31(27,28)29)10-15(2)21(14)11-17-5-8-19(25)12-22(17)23(26)16-3-6-18(24)7-4-16/h3-10,12,25H,11,13H2,1-2H3,(H2,27,28,29). The van der Waals surface area contributed by atoms with Gasteiger partial charge in [0.05, 0.1) is 0 Å². The number of rotatable bonds is 7. The van der Waals surface area contributed by atoms with Crippen LogP contribution in [0.5, 0.6) is 11.5 Å². The van der Waals surface area contributed by atoms with Crippen LogP contribution in [0.1, 0.15) is 38.2 Å². The van der Waals surface area contributed by atoms with Gasteiger partial charge in [-0.1, -0.05) is 6.07 Å². The van der Waals surface area contributed by atoms with Crippen molar-refractivity contribution < 1.29 is 33.4 Å². The van der Waals surface area contributed by atoms with Crippen LogP contribution in [0, 0.1) is 19.7 Å². The molecule has 0 spiro atoms. The molecule has 3 N–H and O–H groups in total. The van der Waals surface area contributed by atoms with E-state index in [1.807, 2.05) is 13.8 Å². The number of benzene rings is 3. The van der Waals surface area contributed by atoms with Crippen molar-refractivity contribution in [3.63, 3.8) is 0 Å². The van der Waals surface area contributed by atoms with Gasteiger partial charge < -0.3 is 19.6 Å². The summed E-state index contributed by atoms with van der Waals surface area (Å²) in [6, 6.07) is 13.1. The van der Waals surface area contributed by atoms with E-state index in [-0.39, 0.29) is 11.5 Å². The van der Waals surface area contributed by atoms with Crippen LogP contribution in [-0.4, -0.2) is 27.0 Å². The summed E-state index contributed by atoms with van der Waals surface area (Å²) in [6.07, 6.45) is -0.321. The number of ketones is 1. The quantitative estimate of drug-likeness (QED) is 0.367. The van der Waals surface area contributed by atoms with Crippen molar-refractivity contribution in [2.24, 2.45) is 0 Å². The number of carbonyl (C=O) groups is 1. The van der Waals surface area contributed by atoms with E-state index in [9.17, 15) is 18.9 Å². The average molecular weight is 444 g/mol. The van der Waals surface area contributed by atoms with Gasteiger partial charge in [0.2, 0.25) is 0 Å². The van der Waals surface area contributed by atoms with E-state index in [4.69, 9.17) is 14.5 Å². The Balaban J connectivity index is 1.93. The molecule has 0 saturated heterocycles. The van der Waals surface area contributed by atoms with E-state index >= 15 is 0 Å². The van der Waals surface area contributed by atoms with Crippen molar-refractivity contribution in [2.75, 3.05) is 6.35 Å². The first-order chi connectivity index (χ1) is 14.5. The number of carbonyl (C=O) groups excluding carboxylic acids is 1. The summed E-state index contributed by atoms with van der Waals surface area (Å²) in [5, 5.41) is 9.92. The van der Waals surface area contributed by atoms with E-state index in [0.717, 1.165) is 16.7 Å². The first-order valence-electron chi connectivity index (χ1n) is 9.43. The number of phenolic OH excluding ortho intramolecular Hbond substituents is 1. The molecule has 0 radical (unpaired) electrons. The topological polar surface area (TPSA) is 104 Å². The average Bonchev–Trinajstić information content (AvgIpc) is 2.69. The third-order valence-electron chi connectivity index (χ3n) is 4.88. The summed E-state index contributed by atoms with van der Waals surface area (Å²) in [5.41, 5.74) is 3.88. The van der Waals surface area contributed by atoms with Gasteiger partial charge in [0.15, 0.2) is 12.1 Å². The van der Waals surface area contributed by atoms with Gasteiger partial charge >= 0.3 is 7.60 Å². The monoisotopic (exact) mass is 444 g/mol. The Morgan fingerprint density at radius 3 is 2.19 bits per heavy atom. The number of ether oxygens (including phenoxy) is 1. The first kappa shape index (κ1) is 22.7. The van der Waals surface area contributed by atoms with E-state index in [0.29, 0.717) is 28.9 Å². The second-order valence-corrected chi connectivity index (χ2v) is 8.92. The van der Waals surface area contributed by atoms with Gasteiger partial charge in [-0.2, -0.15) is 0 Å². The zero-order chi connectivity index (χ0) is 22.8. The maximum atomic E-state index is 13.2. The largest absolute Gasteiger partial charge is 0.508 e. The first-order valence-corrected chi connectivity index (χ1v) is 11.2. The van der Waals surface area contributed by atoms with Crippen molar-refractivity contribution in [1.29, 1.82) is 0 Å². The number of phenols is 1. The van der Waals surface area contributed by atoms with E-state index in [1.165, 1.54) is 36.4 Å². The zero-order valence-electron chi connectivity index (χ0n) is 17.0. The fourth-order valence-electron chi connectivity index (χ4n) is 3.35. The molecule has 0 atom stereocenters. The van der Waals surface area contributed by atoms with Crippen LogP contribution >= 0.6 is 7.60 Å². The molecule has 31 heavy (non-hydrogen) atoms. The van der Waals surface area contributed by atoms with E-state index < -0.39 is 19.8 Å². The number of aromatic hydroxyl groups is 1. The molecule has 0 fully saturated rings. The Morgan fingerprint density at radius 1 is 1.00 bits per heavy atom. The normalized spacial score (nSPS) is 11.4. The van der Waals surface area contributed by atoms with Crippen molar-refractivity contribution in [2.45, 2.75) is 20.3 Å². The van der Waals surface area contributed by atoms with Crippen LogP contribution in [0.4, 0.5) is 4.39 Å². The summed E-state index contributed by atoms with van der Waals surface area (Å²) in [4.78, 5) is 31.0. The molecule has 0 saturated carbocycles. The second kappa shape index (κ2) is 9.02. The fourth-order valence-corrected chi connectivity index (χ4v) is 3.67. The fraction of sp³-hybridized carbons (Fsp3) is 0.174. The van der Waals surface area contributed by atoms with Gasteiger partial charge in [0, 0.05) is 11.1 Å². The Kier molecular flexibility index (Phi) is 6.60. The Hall–Kier alpha value is -2.99. The summed E-state index contributed by atoms with van der Waals surface area (Å²) < 4.78 is 29.5. The van der Waals surface area contributed by atoms with Gasteiger partial charge in [0.1, 0.15) is 17.3 Å². The lowest BCUT2D eigenvalue weighted by Gasteiger charge is -2.16. The SMILES string of the molecule is Cc1cc(OCP(=O)(O)O)cc(C)c1Cc1ccc(O)cc1C(=O)c1ccc(F)cc1. The maximum absolute atomic E-state index is 13.2. The molecule has 0 aliphatic carbocycles. The van der Waals surface area contributed by atoms with Crippen LogP contribution in [-0.2, 0) is 11.0 Å². The third-order valence-corrected chi connectivity index (χ3v) is 5.35. The number of aryl methyl sites for hydroxylation is 2. The minimum Gasteiger partial charge on any atom is -0.508 e. The van der Waals surface area contributed by atoms with Gasteiger partial charge in [-0.3, -0.25) is 9.36 Å². The van der Waals surface area contributed by atoms with Crippen molar-refractivity contribution in [1.82, 2.24) is 0 Å². The minimum atomic E-state index is -4.29. The van der Waals surface area contributed by atoms with Crippen molar-refractivity contribution >= 4 is 13.4 Å². The van der Waals surface area contributed by atoms with Crippen LogP contribution in [0.2, 0.25) is 0 Å². The molecule has 3 aromatic rings. The molecule has 0 bridgehead atoms. The number of halogens is 1. The lowest BCUT2D eigenvalue weighted by atomic mass is 9.90. The van der Waals surface area contributed by atoms with Gasteiger partial charge in [0.25, 0.3) is 0 Å². The second-order valence-electron chi connectivity index (χ2n) is 7.33. The molecule has 0 amide bonds. The predicted molar refractivity (Wildman–Crippen MR) is 114 cm³/mol. The molecular formula is C23H22FO6P.